The Morgan fingerprint density at radius 3 is 3.15 bits per heavy atom. The second-order valence-corrected chi connectivity index (χ2v) is 2.39. The van der Waals surface area contributed by atoms with Crippen molar-refractivity contribution in [2.75, 3.05) is 19.0 Å². The molecule has 0 saturated carbocycles. The summed E-state index contributed by atoms with van der Waals surface area (Å²) in [5.41, 5.74) is 0.831. The van der Waals surface area contributed by atoms with Crippen LogP contribution in [0.25, 0.3) is 0 Å². The molecule has 0 unspecified atom stereocenters. The minimum absolute atomic E-state index is 0.462. The molecule has 0 radical (unpaired) electrons. The van der Waals surface area contributed by atoms with Crippen LogP contribution < -0.4 is 5.32 Å². The van der Waals surface area contributed by atoms with Crippen LogP contribution in [0, 0.1) is 12.3 Å². The van der Waals surface area contributed by atoms with Gasteiger partial charge in [-0.15, -0.1) is 6.42 Å². The molecule has 0 bridgehead atoms. The van der Waals surface area contributed by atoms with E-state index in [1.807, 2.05) is 0 Å². The van der Waals surface area contributed by atoms with E-state index >= 15 is 0 Å². The van der Waals surface area contributed by atoms with Gasteiger partial charge in [0.2, 0.25) is 0 Å². The molecule has 0 saturated heterocycles. The lowest BCUT2D eigenvalue weighted by atomic mass is 10.4. The molecule has 1 N–H and O–H groups in total. The average molecular weight is 177 g/mol. The number of hydrogen-bond donors (Lipinski definition) is 1. The number of aromatic nitrogens is 2. The van der Waals surface area contributed by atoms with Crippen LogP contribution in [0.1, 0.15) is 5.69 Å². The molecule has 1 rings (SSSR count). The molecule has 68 valence electrons. The van der Waals surface area contributed by atoms with Gasteiger partial charge in [0, 0.05) is 13.2 Å². The topological polar surface area (TPSA) is 47.0 Å². The maximum absolute atomic E-state index is 5.09. The van der Waals surface area contributed by atoms with Crippen LogP contribution in [0.5, 0.6) is 0 Å². The van der Waals surface area contributed by atoms with E-state index in [-0.39, 0.29) is 0 Å². The van der Waals surface area contributed by atoms with Crippen molar-refractivity contribution < 1.29 is 4.74 Å². The Morgan fingerprint density at radius 2 is 2.46 bits per heavy atom. The van der Waals surface area contributed by atoms with Crippen molar-refractivity contribution in [3.8, 4) is 12.3 Å². The molecule has 0 atom stereocenters. The molecule has 13 heavy (non-hydrogen) atoms. The summed E-state index contributed by atoms with van der Waals surface area (Å²) in [4.78, 5) is 8.00. The third kappa shape index (κ3) is 3.09. The molecule has 0 amide bonds. The summed E-state index contributed by atoms with van der Waals surface area (Å²) in [6, 6.07) is 1.81. The van der Waals surface area contributed by atoms with E-state index in [0.29, 0.717) is 13.2 Å². The largest absolute Gasteiger partial charge is 0.378 e. The number of terminal acetylenes is 1. The first-order valence-corrected chi connectivity index (χ1v) is 3.84. The summed E-state index contributed by atoms with van der Waals surface area (Å²) >= 11 is 0. The van der Waals surface area contributed by atoms with Gasteiger partial charge in [-0.2, -0.15) is 0 Å². The molecule has 0 aliphatic rings. The predicted molar refractivity (Wildman–Crippen MR) is 50.1 cm³/mol. The highest BCUT2D eigenvalue weighted by Gasteiger charge is 1.96. The van der Waals surface area contributed by atoms with Crippen LogP contribution in [0.2, 0.25) is 0 Å². The second kappa shape index (κ2) is 5.12. The Kier molecular flexibility index (Phi) is 3.74. The maximum Gasteiger partial charge on any atom is 0.130 e. The maximum atomic E-state index is 5.09. The Labute approximate surface area is 77.4 Å². The first-order valence-electron chi connectivity index (χ1n) is 3.84. The summed E-state index contributed by atoms with van der Waals surface area (Å²) in [5.74, 6) is 3.19. The Balaban J connectivity index is 2.63. The van der Waals surface area contributed by atoms with E-state index in [0.717, 1.165) is 11.5 Å². The average Bonchev–Trinajstić information content (AvgIpc) is 2.16. The molecule has 0 spiro atoms. The number of rotatable bonds is 4. The van der Waals surface area contributed by atoms with E-state index in [2.05, 4.69) is 21.2 Å². The number of nitrogens with one attached hydrogen (secondary N) is 1. The van der Waals surface area contributed by atoms with Crippen molar-refractivity contribution in [2.24, 2.45) is 0 Å². The van der Waals surface area contributed by atoms with Crippen LogP contribution in [-0.2, 0) is 11.3 Å². The van der Waals surface area contributed by atoms with Gasteiger partial charge in [0.05, 0.1) is 18.8 Å². The molecule has 0 aromatic carbocycles. The number of ether oxygens (including phenoxy) is 1. The molecule has 1 heterocycles. The van der Waals surface area contributed by atoms with Gasteiger partial charge in [0.15, 0.2) is 0 Å². The molecular weight excluding hydrogens is 166 g/mol. The molecule has 0 aliphatic heterocycles. The van der Waals surface area contributed by atoms with Gasteiger partial charge in [-0.05, 0) is 0 Å². The molecule has 0 aliphatic carbocycles. The van der Waals surface area contributed by atoms with E-state index < -0.39 is 0 Å². The summed E-state index contributed by atoms with van der Waals surface area (Å²) < 4.78 is 4.93. The van der Waals surface area contributed by atoms with Crippen LogP contribution in [0.4, 0.5) is 5.82 Å². The molecule has 1 aromatic heterocycles. The van der Waals surface area contributed by atoms with Crippen molar-refractivity contribution in [3.63, 3.8) is 0 Å². The van der Waals surface area contributed by atoms with Gasteiger partial charge in [-0.3, -0.25) is 0 Å². The SMILES string of the molecule is C#CCNc1cc(COC)ncn1. The predicted octanol–water partition coefficient (Wildman–Crippen LogP) is 0.668. The van der Waals surface area contributed by atoms with Crippen LogP contribution in [0.15, 0.2) is 12.4 Å². The zero-order valence-electron chi connectivity index (χ0n) is 7.45. The van der Waals surface area contributed by atoms with Gasteiger partial charge in [-0.25, -0.2) is 9.97 Å². The fourth-order valence-electron chi connectivity index (χ4n) is 0.863. The fraction of sp³-hybridized carbons (Fsp3) is 0.333. The summed E-state index contributed by atoms with van der Waals surface area (Å²) in [7, 11) is 1.62. The Morgan fingerprint density at radius 1 is 1.62 bits per heavy atom. The van der Waals surface area contributed by atoms with Crippen molar-refractivity contribution in [1.29, 1.82) is 0 Å². The summed E-state index contributed by atoms with van der Waals surface area (Å²) in [6.07, 6.45) is 6.57. The number of nitrogens with zero attached hydrogens (tertiary/aromatic N) is 2. The smallest absolute Gasteiger partial charge is 0.130 e. The fourth-order valence-corrected chi connectivity index (χ4v) is 0.863. The standard InChI is InChI=1S/C9H11N3O/c1-3-4-10-9-5-8(6-13-2)11-7-12-9/h1,5,7H,4,6H2,2H3,(H,10,11,12). The third-order valence-corrected chi connectivity index (χ3v) is 1.39. The first-order chi connectivity index (χ1) is 6.36. The number of methoxy groups -OCH3 is 1. The molecule has 0 fully saturated rings. The number of hydrogen-bond acceptors (Lipinski definition) is 4. The second-order valence-electron chi connectivity index (χ2n) is 2.39. The first kappa shape index (κ1) is 9.49. The van der Waals surface area contributed by atoms with Gasteiger partial charge in [0.25, 0.3) is 0 Å². The minimum Gasteiger partial charge on any atom is -0.378 e. The van der Waals surface area contributed by atoms with Gasteiger partial charge >= 0.3 is 0 Å². The lowest BCUT2D eigenvalue weighted by molar-refractivity contribution is 0.181. The monoisotopic (exact) mass is 177 g/mol. The minimum atomic E-state index is 0.462. The van der Waals surface area contributed by atoms with Gasteiger partial charge in [0.1, 0.15) is 12.1 Å². The zero-order valence-corrected chi connectivity index (χ0v) is 7.45. The summed E-state index contributed by atoms with van der Waals surface area (Å²) in [6.45, 7) is 0.941. The lowest BCUT2D eigenvalue weighted by Crippen LogP contribution is -2.02. The molecule has 4 nitrogen and oxygen atoms in total. The number of anilines is 1. The highest BCUT2D eigenvalue weighted by atomic mass is 16.5. The van der Waals surface area contributed by atoms with Gasteiger partial charge in [-0.1, -0.05) is 5.92 Å². The highest BCUT2D eigenvalue weighted by molar-refractivity contribution is 5.35. The van der Waals surface area contributed by atoms with E-state index in [9.17, 15) is 0 Å². The van der Waals surface area contributed by atoms with Crippen LogP contribution in [0.3, 0.4) is 0 Å². The third-order valence-electron chi connectivity index (χ3n) is 1.39. The Bertz CT molecular complexity index is 306. The highest BCUT2D eigenvalue weighted by Crippen LogP contribution is 2.03. The lowest BCUT2D eigenvalue weighted by Gasteiger charge is -2.02. The van der Waals surface area contributed by atoms with Gasteiger partial charge < -0.3 is 10.1 Å². The zero-order chi connectivity index (χ0) is 9.52. The quantitative estimate of drug-likeness (QED) is 0.686. The van der Waals surface area contributed by atoms with Crippen molar-refractivity contribution in [2.45, 2.75) is 6.61 Å². The normalized spacial score (nSPS) is 9.23. The van der Waals surface area contributed by atoms with Crippen LogP contribution >= 0.6 is 0 Å². The van der Waals surface area contributed by atoms with E-state index in [4.69, 9.17) is 11.2 Å². The summed E-state index contributed by atoms with van der Waals surface area (Å²) in [5, 5.41) is 2.95. The van der Waals surface area contributed by atoms with E-state index in [1.54, 1.807) is 13.2 Å². The molecule has 4 heteroatoms. The Hall–Kier alpha value is -1.60. The van der Waals surface area contributed by atoms with E-state index in [1.165, 1.54) is 6.33 Å². The van der Waals surface area contributed by atoms with Crippen molar-refractivity contribution in [1.82, 2.24) is 9.97 Å². The molecule has 1 aromatic rings. The molecular formula is C9H11N3O. The van der Waals surface area contributed by atoms with Crippen molar-refractivity contribution >= 4 is 5.82 Å². The van der Waals surface area contributed by atoms with Crippen LogP contribution in [-0.4, -0.2) is 23.6 Å². The van der Waals surface area contributed by atoms with Crippen molar-refractivity contribution in [3.05, 3.63) is 18.1 Å².